The van der Waals surface area contributed by atoms with Gasteiger partial charge >= 0.3 is 0 Å². The second-order valence-corrected chi connectivity index (χ2v) is 6.01. The van der Waals surface area contributed by atoms with Gasteiger partial charge in [-0.15, -0.1) is 6.42 Å². The van der Waals surface area contributed by atoms with Gasteiger partial charge in [0.2, 0.25) is 0 Å². The summed E-state index contributed by atoms with van der Waals surface area (Å²) < 4.78 is 6.63. The summed E-state index contributed by atoms with van der Waals surface area (Å²) >= 11 is 3.64. The summed E-state index contributed by atoms with van der Waals surface area (Å²) in [5.74, 6) is 4.38. The van der Waals surface area contributed by atoms with E-state index in [9.17, 15) is 0 Å². The minimum atomic E-state index is -0.155. The van der Waals surface area contributed by atoms with Crippen molar-refractivity contribution in [2.24, 2.45) is 0 Å². The van der Waals surface area contributed by atoms with Gasteiger partial charge in [-0.3, -0.25) is 0 Å². The molecule has 0 saturated heterocycles. The molecule has 1 aromatic heterocycles. The Kier molecular flexibility index (Phi) is 3.65. The van der Waals surface area contributed by atoms with Crippen molar-refractivity contribution in [2.45, 2.75) is 50.7 Å². The van der Waals surface area contributed by atoms with E-state index in [-0.39, 0.29) is 6.10 Å². The van der Waals surface area contributed by atoms with Gasteiger partial charge in [-0.05, 0) is 28.8 Å². The van der Waals surface area contributed by atoms with Crippen LogP contribution in [0.5, 0.6) is 5.75 Å². The molecule has 1 unspecified atom stereocenters. The number of halogens is 1. The molecule has 4 heteroatoms. The predicted octanol–water partition coefficient (Wildman–Crippen LogP) is 3.53. The molecule has 1 saturated carbocycles. The summed E-state index contributed by atoms with van der Waals surface area (Å²) in [5.41, 5.74) is 1.14. The highest BCUT2D eigenvalue weighted by Gasteiger charge is 2.26. The molecular weight excluding hydrogens is 304 g/mol. The number of nitrogens with one attached hydrogen (secondary N) is 1. The molecule has 0 amide bonds. The van der Waals surface area contributed by atoms with Crippen LogP contribution in [0.25, 0.3) is 0 Å². The Morgan fingerprint density at radius 1 is 1.37 bits per heavy atom. The van der Waals surface area contributed by atoms with Crippen LogP contribution in [0, 0.1) is 12.3 Å². The zero-order chi connectivity index (χ0) is 13.2. The number of anilines is 1. The maximum Gasteiger partial charge on any atom is 0.163 e. The minimum absolute atomic E-state index is 0.155. The molecule has 1 aliphatic carbocycles. The van der Waals surface area contributed by atoms with Crippen LogP contribution in [0.3, 0.4) is 0 Å². The molecule has 0 bridgehead atoms. The van der Waals surface area contributed by atoms with Crippen molar-refractivity contribution >= 4 is 21.7 Å². The molecule has 3 rings (SSSR count). The van der Waals surface area contributed by atoms with Crippen LogP contribution in [-0.2, 0) is 6.42 Å². The van der Waals surface area contributed by atoms with E-state index in [1.807, 2.05) is 0 Å². The lowest BCUT2D eigenvalue weighted by atomic mass is 9.95. The summed E-state index contributed by atoms with van der Waals surface area (Å²) in [4.78, 5) is 4.46. The quantitative estimate of drug-likeness (QED) is 0.846. The summed E-state index contributed by atoms with van der Waals surface area (Å²) in [7, 11) is 0. The molecule has 1 aromatic rings. The normalized spacial score (nSPS) is 22.4. The Labute approximate surface area is 122 Å². The third kappa shape index (κ3) is 2.57. The molecule has 2 aliphatic rings. The largest absolute Gasteiger partial charge is 0.475 e. The molecule has 1 aliphatic heterocycles. The predicted molar refractivity (Wildman–Crippen MR) is 79.4 cm³/mol. The number of hydrogen-bond acceptors (Lipinski definition) is 3. The molecule has 1 N–H and O–H groups in total. The lowest BCUT2D eigenvalue weighted by Gasteiger charge is -2.24. The number of fused-ring (bicyclic) bond motifs is 1. The highest BCUT2D eigenvalue weighted by Crippen LogP contribution is 2.38. The van der Waals surface area contributed by atoms with Gasteiger partial charge in [-0.1, -0.05) is 25.2 Å². The fourth-order valence-electron chi connectivity index (χ4n) is 2.81. The number of nitrogens with zero attached hydrogens (tertiary/aromatic N) is 1. The van der Waals surface area contributed by atoms with Gasteiger partial charge in [0, 0.05) is 18.0 Å². The smallest absolute Gasteiger partial charge is 0.163 e. The first-order valence-electron chi connectivity index (χ1n) is 6.84. The van der Waals surface area contributed by atoms with Crippen LogP contribution < -0.4 is 10.1 Å². The van der Waals surface area contributed by atoms with Crippen LogP contribution in [0.1, 0.15) is 37.7 Å². The first-order valence-corrected chi connectivity index (χ1v) is 7.64. The van der Waals surface area contributed by atoms with E-state index in [0.29, 0.717) is 6.04 Å². The highest BCUT2D eigenvalue weighted by molar-refractivity contribution is 9.10. The second-order valence-electron chi connectivity index (χ2n) is 5.22. The summed E-state index contributed by atoms with van der Waals surface area (Å²) in [5, 5.41) is 3.55. The van der Waals surface area contributed by atoms with Crippen molar-refractivity contribution in [1.82, 2.24) is 4.98 Å². The second kappa shape index (κ2) is 5.42. The van der Waals surface area contributed by atoms with Gasteiger partial charge < -0.3 is 10.1 Å². The van der Waals surface area contributed by atoms with E-state index in [2.05, 4.69) is 32.2 Å². The number of rotatable bonds is 2. The molecule has 100 valence electrons. The van der Waals surface area contributed by atoms with Gasteiger partial charge in [0.15, 0.2) is 6.10 Å². The lowest BCUT2D eigenvalue weighted by Crippen LogP contribution is -2.23. The third-order valence-electron chi connectivity index (χ3n) is 3.87. The van der Waals surface area contributed by atoms with E-state index in [1.54, 1.807) is 6.20 Å². The van der Waals surface area contributed by atoms with Crippen LogP contribution in [0.2, 0.25) is 0 Å². The molecule has 0 aromatic carbocycles. The number of hydrogen-bond donors (Lipinski definition) is 1. The van der Waals surface area contributed by atoms with Gasteiger partial charge in [-0.2, -0.15) is 0 Å². The molecular formula is C15H17BrN2O. The Bertz CT molecular complexity index is 518. The maximum atomic E-state index is 5.63. The minimum Gasteiger partial charge on any atom is -0.475 e. The van der Waals surface area contributed by atoms with Gasteiger partial charge in [0.1, 0.15) is 11.6 Å². The van der Waals surface area contributed by atoms with E-state index < -0.39 is 0 Å². The summed E-state index contributed by atoms with van der Waals surface area (Å²) in [6.45, 7) is 0. The highest BCUT2D eigenvalue weighted by atomic mass is 79.9. The van der Waals surface area contributed by atoms with Crippen molar-refractivity contribution in [1.29, 1.82) is 0 Å². The SMILES string of the molecule is C#CC1Cc2c(cnc(NC3CCCCC3)c2Br)O1. The van der Waals surface area contributed by atoms with Crippen LogP contribution >= 0.6 is 15.9 Å². The Balaban J connectivity index is 1.79. The van der Waals surface area contributed by atoms with Crippen molar-refractivity contribution < 1.29 is 4.74 Å². The van der Waals surface area contributed by atoms with E-state index >= 15 is 0 Å². The molecule has 1 atom stereocenters. The van der Waals surface area contributed by atoms with Gasteiger partial charge in [0.05, 0.1) is 10.7 Å². The summed E-state index contributed by atoms with van der Waals surface area (Å²) in [6.07, 6.45) is 14.2. The van der Waals surface area contributed by atoms with Crippen molar-refractivity contribution in [3.8, 4) is 18.1 Å². The van der Waals surface area contributed by atoms with Crippen LogP contribution in [-0.4, -0.2) is 17.1 Å². The van der Waals surface area contributed by atoms with Crippen LogP contribution in [0.4, 0.5) is 5.82 Å². The molecule has 19 heavy (non-hydrogen) atoms. The summed E-state index contributed by atoms with van der Waals surface area (Å²) in [6, 6.07) is 0.543. The number of terminal acetylenes is 1. The van der Waals surface area contributed by atoms with E-state index in [0.717, 1.165) is 28.0 Å². The topological polar surface area (TPSA) is 34.2 Å². The fraction of sp³-hybridized carbons (Fsp3) is 0.533. The zero-order valence-corrected chi connectivity index (χ0v) is 12.4. The van der Waals surface area contributed by atoms with Crippen molar-refractivity contribution in [3.63, 3.8) is 0 Å². The Morgan fingerprint density at radius 3 is 2.89 bits per heavy atom. The Morgan fingerprint density at radius 2 is 2.16 bits per heavy atom. The monoisotopic (exact) mass is 320 g/mol. The number of aromatic nitrogens is 1. The maximum absolute atomic E-state index is 5.63. The zero-order valence-electron chi connectivity index (χ0n) is 10.8. The number of pyridine rings is 1. The third-order valence-corrected chi connectivity index (χ3v) is 4.73. The van der Waals surface area contributed by atoms with Crippen molar-refractivity contribution in [2.75, 3.05) is 5.32 Å². The van der Waals surface area contributed by atoms with Gasteiger partial charge in [0.25, 0.3) is 0 Å². The number of ether oxygens (including phenoxy) is 1. The van der Waals surface area contributed by atoms with Crippen molar-refractivity contribution in [3.05, 3.63) is 16.2 Å². The first-order chi connectivity index (χ1) is 9.28. The lowest BCUT2D eigenvalue weighted by molar-refractivity contribution is 0.292. The molecule has 0 radical (unpaired) electrons. The molecule has 3 nitrogen and oxygen atoms in total. The average molecular weight is 321 g/mol. The molecule has 0 spiro atoms. The first kappa shape index (κ1) is 12.8. The standard InChI is InChI=1S/C15H17BrN2O/c1-2-11-8-12-13(19-11)9-17-15(14(12)16)18-10-6-4-3-5-7-10/h1,9-11H,3-8H2,(H,17,18). The van der Waals surface area contributed by atoms with Gasteiger partial charge in [-0.25, -0.2) is 4.98 Å². The molecule has 2 heterocycles. The fourth-order valence-corrected chi connectivity index (χ4v) is 3.39. The van der Waals surface area contributed by atoms with Crippen LogP contribution in [0.15, 0.2) is 10.7 Å². The van der Waals surface area contributed by atoms with E-state index in [4.69, 9.17) is 11.2 Å². The average Bonchev–Trinajstić information content (AvgIpc) is 2.87. The molecule has 1 fully saturated rings. The van der Waals surface area contributed by atoms with E-state index in [1.165, 1.54) is 32.1 Å². The Hall–Kier alpha value is -1.21.